The molecule has 1 amide bonds. The Morgan fingerprint density at radius 1 is 1.14 bits per heavy atom. The highest BCUT2D eigenvalue weighted by Crippen LogP contribution is 2.40. The Morgan fingerprint density at radius 2 is 1.86 bits per heavy atom. The Hall–Kier alpha value is -1.51. The molecule has 0 saturated heterocycles. The molecule has 21 heavy (non-hydrogen) atoms. The molecule has 1 aliphatic carbocycles. The van der Waals surface area contributed by atoms with E-state index in [1.807, 2.05) is 12.1 Å². The van der Waals surface area contributed by atoms with E-state index in [2.05, 4.69) is 25.2 Å². The molecule has 1 aromatic carbocycles. The molecule has 1 saturated carbocycles. The summed E-state index contributed by atoms with van der Waals surface area (Å²) in [6, 6.07) is 6.26. The van der Waals surface area contributed by atoms with Crippen LogP contribution in [0.2, 0.25) is 0 Å². The summed E-state index contributed by atoms with van der Waals surface area (Å²) >= 11 is 0. The lowest BCUT2D eigenvalue weighted by molar-refractivity contribution is 0.0928. The monoisotopic (exact) mass is 287 g/mol. The van der Waals surface area contributed by atoms with Crippen molar-refractivity contribution in [2.45, 2.75) is 70.4 Å². The first kappa shape index (κ1) is 14.4. The average Bonchev–Trinajstić information content (AvgIpc) is 2.68. The first-order chi connectivity index (χ1) is 10.2. The van der Waals surface area contributed by atoms with Crippen LogP contribution in [0.5, 0.6) is 5.75 Å². The standard InChI is InChI=1S/C18H25NO2/c1-12-13(2)21-17-15(12)10-7-11-16(17)18(20)19-14-8-5-3-4-6-9-14/h7,10-14H,3-6,8-9H2,1-2H3,(H,19,20)/t12-,13+/m1/s1. The number of fused-ring (bicyclic) bond motifs is 1. The third-order valence-electron chi connectivity index (χ3n) is 4.98. The van der Waals surface area contributed by atoms with E-state index < -0.39 is 0 Å². The van der Waals surface area contributed by atoms with Crippen LogP contribution in [0.15, 0.2) is 18.2 Å². The van der Waals surface area contributed by atoms with E-state index in [0.717, 1.165) is 24.2 Å². The molecule has 2 atom stereocenters. The van der Waals surface area contributed by atoms with E-state index in [1.165, 1.54) is 25.7 Å². The quantitative estimate of drug-likeness (QED) is 0.834. The molecule has 1 heterocycles. The number of rotatable bonds is 2. The Morgan fingerprint density at radius 3 is 2.57 bits per heavy atom. The van der Waals surface area contributed by atoms with Crippen LogP contribution >= 0.6 is 0 Å². The third kappa shape index (κ3) is 2.92. The van der Waals surface area contributed by atoms with Crippen LogP contribution in [0.3, 0.4) is 0 Å². The molecule has 114 valence electrons. The van der Waals surface area contributed by atoms with Gasteiger partial charge in [0.05, 0.1) is 5.56 Å². The van der Waals surface area contributed by atoms with Gasteiger partial charge in [-0.15, -0.1) is 0 Å². The van der Waals surface area contributed by atoms with E-state index in [0.29, 0.717) is 17.5 Å². The molecule has 2 aliphatic rings. The van der Waals surface area contributed by atoms with Crippen LogP contribution in [0.4, 0.5) is 0 Å². The zero-order chi connectivity index (χ0) is 14.8. The maximum atomic E-state index is 12.6. The van der Waals surface area contributed by atoms with Crippen LogP contribution in [-0.4, -0.2) is 18.1 Å². The van der Waals surface area contributed by atoms with Crippen molar-refractivity contribution in [3.8, 4) is 5.75 Å². The summed E-state index contributed by atoms with van der Waals surface area (Å²) in [6.07, 6.45) is 7.40. The number of amides is 1. The molecule has 0 spiro atoms. The Balaban J connectivity index is 1.76. The van der Waals surface area contributed by atoms with E-state index in [1.54, 1.807) is 0 Å². The van der Waals surface area contributed by atoms with Gasteiger partial charge in [-0.25, -0.2) is 0 Å². The smallest absolute Gasteiger partial charge is 0.255 e. The Kier molecular flexibility index (Phi) is 4.18. The van der Waals surface area contributed by atoms with Crippen LogP contribution < -0.4 is 10.1 Å². The van der Waals surface area contributed by atoms with Gasteiger partial charge in [-0.1, -0.05) is 44.7 Å². The number of nitrogens with one attached hydrogen (secondary N) is 1. The number of carbonyl (C=O) groups excluding carboxylic acids is 1. The van der Waals surface area contributed by atoms with Gasteiger partial charge in [0, 0.05) is 17.5 Å². The molecule has 0 bridgehead atoms. The van der Waals surface area contributed by atoms with Crippen molar-refractivity contribution in [2.75, 3.05) is 0 Å². The number of carbonyl (C=O) groups is 1. The van der Waals surface area contributed by atoms with Gasteiger partial charge in [0.2, 0.25) is 0 Å². The molecule has 1 fully saturated rings. The zero-order valence-electron chi connectivity index (χ0n) is 13.0. The van der Waals surface area contributed by atoms with Gasteiger partial charge >= 0.3 is 0 Å². The summed E-state index contributed by atoms with van der Waals surface area (Å²) in [5.41, 5.74) is 1.86. The second-order valence-corrected chi connectivity index (χ2v) is 6.50. The highest BCUT2D eigenvalue weighted by atomic mass is 16.5. The summed E-state index contributed by atoms with van der Waals surface area (Å²) < 4.78 is 5.92. The second kappa shape index (κ2) is 6.08. The van der Waals surface area contributed by atoms with Crippen molar-refractivity contribution in [2.24, 2.45) is 0 Å². The number of hydrogen-bond donors (Lipinski definition) is 1. The summed E-state index contributed by atoms with van der Waals surface area (Å²) in [6.45, 7) is 4.22. The highest BCUT2D eigenvalue weighted by Gasteiger charge is 2.31. The van der Waals surface area contributed by atoms with Gasteiger partial charge in [0.25, 0.3) is 5.91 Å². The third-order valence-corrected chi connectivity index (χ3v) is 4.98. The SMILES string of the molecule is C[C@@H]1Oc2c(C(=O)NC3CCCCCC3)cccc2[C@@H]1C. The number of para-hydroxylation sites is 1. The number of benzene rings is 1. The summed E-state index contributed by atoms with van der Waals surface area (Å²) in [5, 5.41) is 3.22. The maximum Gasteiger partial charge on any atom is 0.255 e. The molecular weight excluding hydrogens is 262 g/mol. The van der Waals surface area contributed by atoms with Crippen molar-refractivity contribution < 1.29 is 9.53 Å². The van der Waals surface area contributed by atoms with Gasteiger partial charge in [0.1, 0.15) is 11.9 Å². The fraction of sp³-hybridized carbons (Fsp3) is 0.611. The van der Waals surface area contributed by atoms with Gasteiger partial charge in [0.15, 0.2) is 0 Å². The predicted octanol–water partition coefficient (Wildman–Crippen LogP) is 4.02. The van der Waals surface area contributed by atoms with E-state index in [9.17, 15) is 4.79 Å². The van der Waals surface area contributed by atoms with Gasteiger partial charge in [-0.3, -0.25) is 4.79 Å². The van der Waals surface area contributed by atoms with E-state index >= 15 is 0 Å². The fourth-order valence-corrected chi connectivity index (χ4v) is 3.45. The molecule has 3 rings (SSSR count). The van der Waals surface area contributed by atoms with Crippen LogP contribution in [0, 0.1) is 0 Å². The van der Waals surface area contributed by atoms with Crippen molar-refractivity contribution in [3.63, 3.8) is 0 Å². The maximum absolute atomic E-state index is 12.6. The largest absolute Gasteiger partial charge is 0.489 e. The summed E-state index contributed by atoms with van der Waals surface area (Å²) in [4.78, 5) is 12.6. The summed E-state index contributed by atoms with van der Waals surface area (Å²) in [7, 11) is 0. The van der Waals surface area contributed by atoms with Crippen molar-refractivity contribution in [1.29, 1.82) is 0 Å². The molecule has 1 aliphatic heterocycles. The molecule has 1 N–H and O–H groups in total. The first-order valence-electron chi connectivity index (χ1n) is 8.27. The van der Waals surface area contributed by atoms with Gasteiger partial charge in [-0.05, 0) is 25.8 Å². The average molecular weight is 287 g/mol. The Bertz CT molecular complexity index is 518. The van der Waals surface area contributed by atoms with E-state index in [4.69, 9.17) is 4.74 Å². The molecule has 3 nitrogen and oxygen atoms in total. The molecule has 0 unspecified atom stereocenters. The lowest BCUT2D eigenvalue weighted by Gasteiger charge is -2.17. The fourth-order valence-electron chi connectivity index (χ4n) is 3.45. The minimum absolute atomic E-state index is 0.0278. The summed E-state index contributed by atoms with van der Waals surface area (Å²) in [5.74, 6) is 1.18. The topological polar surface area (TPSA) is 38.3 Å². The second-order valence-electron chi connectivity index (χ2n) is 6.50. The minimum atomic E-state index is 0.0278. The minimum Gasteiger partial charge on any atom is -0.489 e. The number of ether oxygens (including phenoxy) is 1. The van der Waals surface area contributed by atoms with Gasteiger partial charge in [-0.2, -0.15) is 0 Å². The first-order valence-corrected chi connectivity index (χ1v) is 8.27. The molecule has 1 aromatic rings. The lowest BCUT2D eigenvalue weighted by Crippen LogP contribution is -2.34. The van der Waals surface area contributed by atoms with Crippen molar-refractivity contribution in [1.82, 2.24) is 5.32 Å². The van der Waals surface area contributed by atoms with Crippen LogP contribution in [-0.2, 0) is 0 Å². The van der Waals surface area contributed by atoms with Gasteiger partial charge < -0.3 is 10.1 Å². The lowest BCUT2D eigenvalue weighted by atomic mass is 9.96. The number of hydrogen-bond acceptors (Lipinski definition) is 2. The van der Waals surface area contributed by atoms with Crippen molar-refractivity contribution in [3.05, 3.63) is 29.3 Å². The normalized spacial score (nSPS) is 25.8. The molecule has 0 aromatic heterocycles. The van der Waals surface area contributed by atoms with Crippen LogP contribution in [0.25, 0.3) is 0 Å². The van der Waals surface area contributed by atoms with Crippen molar-refractivity contribution >= 4 is 5.91 Å². The highest BCUT2D eigenvalue weighted by molar-refractivity contribution is 5.97. The predicted molar refractivity (Wildman–Crippen MR) is 83.9 cm³/mol. The van der Waals surface area contributed by atoms with E-state index in [-0.39, 0.29) is 12.0 Å². The molecule has 0 radical (unpaired) electrons. The Labute approximate surface area is 127 Å². The molecular formula is C18H25NO2. The van der Waals surface area contributed by atoms with Crippen LogP contribution in [0.1, 0.15) is 74.2 Å². The molecule has 3 heteroatoms. The zero-order valence-corrected chi connectivity index (χ0v) is 13.0.